The first-order valence-electron chi connectivity index (χ1n) is 8.39. The van der Waals surface area contributed by atoms with E-state index >= 15 is 0 Å². The first-order chi connectivity index (χ1) is 10.7. The highest BCUT2D eigenvalue weighted by Crippen LogP contribution is 2.44. The number of carboxylic acids is 1. The quantitative estimate of drug-likeness (QED) is 0.849. The molecule has 0 aromatic heterocycles. The van der Waals surface area contributed by atoms with Crippen molar-refractivity contribution < 1.29 is 19.7 Å². The van der Waals surface area contributed by atoms with Crippen LogP contribution in [0.5, 0.6) is 11.5 Å². The molecule has 128 valence electrons. The summed E-state index contributed by atoms with van der Waals surface area (Å²) in [6.45, 7) is 9.72. The van der Waals surface area contributed by atoms with Gasteiger partial charge in [-0.3, -0.25) is 4.79 Å². The van der Waals surface area contributed by atoms with Crippen LogP contribution < -0.4 is 4.74 Å². The third kappa shape index (κ3) is 3.46. The Bertz CT molecular complexity index is 621. The van der Waals surface area contributed by atoms with Crippen LogP contribution in [-0.2, 0) is 11.2 Å². The summed E-state index contributed by atoms with van der Waals surface area (Å²) in [5.74, 6) is 0.252. The topological polar surface area (TPSA) is 66.8 Å². The maximum atomic E-state index is 10.9. The first kappa shape index (κ1) is 17.6. The maximum Gasteiger partial charge on any atom is 0.306 e. The van der Waals surface area contributed by atoms with Crippen LogP contribution in [-0.4, -0.2) is 21.8 Å². The van der Waals surface area contributed by atoms with Gasteiger partial charge in [0.1, 0.15) is 17.1 Å². The van der Waals surface area contributed by atoms with Crippen molar-refractivity contribution in [3.05, 3.63) is 22.3 Å². The van der Waals surface area contributed by atoms with E-state index in [9.17, 15) is 9.90 Å². The van der Waals surface area contributed by atoms with Gasteiger partial charge in [0.05, 0.1) is 5.92 Å². The van der Waals surface area contributed by atoms with Crippen LogP contribution in [0.1, 0.15) is 61.8 Å². The fourth-order valence-corrected chi connectivity index (χ4v) is 3.38. The Balaban J connectivity index is 2.14. The highest BCUT2D eigenvalue weighted by atomic mass is 16.5. The number of aromatic hydroxyl groups is 1. The van der Waals surface area contributed by atoms with Crippen molar-refractivity contribution >= 4 is 5.97 Å². The summed E-state index contributed by atoms with van der Waals surface area (Å²) >= 11 is 0. The summed E-state index contributed by atoms with van der Waals surface area (Å²) in [5, 5.41) is 19.2. The fraction of sp³-hybridized carbons (Fsp3) is 0.632. The minimum absolute atomic E-state index is 0.258. The molecule has 0 radical (unpaired) electrons. The highest BCUT2D eigenvalue weighted by molar-refractivity contribution is 5.69. The maximum absolute atomic E-state index is 10.9. The van der Waals surface area contributed by atoms with Crippen molar-refractivity contribution in [3.8, 4) is 11.5 Å². The Morgan fingerprint density at radius 3 is 2.52 bits per heavy atom. The average molecular weight is 320 g/mol. The summed E-state index contributed by atoms with van der Waals surface area (Å²) in [6, 6.07) is 0. The average Bonchev–Trinajstić information content (AvgIpc) is 2.50. The van der Waals surface area contributed by atoms with E-state index in [-0.39, 0.29) is 11.5 Å². The summed E-state index contributed by atoms with van der Waals surface area (Å²) in [5.41, 5.74) is 3.66. The summed E-state index contributed by atoms with van der Waals surface area (Å²) in [4.78, 5) is 10.9. The van der Waals surface area contributed by atoms with E-state index < -0.39 is 5.97 Å². The van der Waals surface area contributed by atoms with Gasteiger partial charge in [-0.2, -0.15) is 0 Å². The lowest BCUT2D eigenvalue weighted by Gasteiger charge is -2.38. The molecule has 2 atom stereocenters. The van der Waals surface area contributed by atoms with E-state index in [1.165, 1.54) is 0 Å². The van der Waals surface area contributed by atoms with Crippen LogP contribution in [0, 0.1) is 26.7 Å². The third-order valence-electron chi connectivity index (χ3n) is 5.36. The molecule has 0 amide bonds. The van der Waals surface area contributed by atoms with Gasteiger partial charge in [0, 0.05) is 5.56 Å². The van der Waals surface area contributed by atoms with E-state index in [0.29, 0.717) is 12.2 Å². The summed E-state index contributed by atoms with van der Waals surface area (Å²) in [7, 11) is 0. The van der Waals surface area contributed by atoms with Crippen LogP contribution in [0.15, 0.2) is 0 Å². The SMILES string of the molecule is Cc1c(C)c2c(c(C)c1O)CC[C@@](C)(CCCC(C)C(=O)O)O2. The lowest BCUT2D eigenvalue weighted by Crippen LogP contribution is -2.37. The molecule has 0 aliphatic carbocycles. The van der Waals surface area contributed by atoms with Crippen molar-refractivity contribution in [2.45, 2.75) is 72.3 Å². The van der Waals surface area contributed by atoms with Gasteiger partial charge in [-0.1, -0.05) is 6.92 Å². The van der Waals surface area contributed by atoms with Gasteiger partial charge in [0.15, 0.2) is 0 Å². The van der Waals surface area contributed by atoms with Crippen LogP contribution in [0.2, 0.25) is 0 Å². The first-order valence-corrected chi connectivity index (χ1v) is 8.39. The van der Waals surface area contributed by atoms with Crippen molar-refractivity contribution in [1.29, 1.82) is 0 Å². The van der Waals surface area contributed by atoms with Crippen molar-refractivity contribution in [2.75, 3.05) is 0 Å². The van der Waals surface area contributed by atoms with E-state index in [1.807, 2.05) is 20.8 Å². The molecule has 0 saturated heterocycles. The van der Waals surface area contributed by atoms with Crippen molar-refractivity contribution in [3.63, 3.8) is 0 Å². The lowest BCUT2D eigenvalue weighted by molar-refractivity contribution is -0.141. The second-order valence-corrected chi connectivity index (χ2v) is 7.21. The standard InChI is InChI=1S/C19H28O4/c1-11(18(21)22)7-6-9-19(5)10-8-15-14(4)16(20)12(2)13(3)17(15)23-19/h11,20H,6-10H2,1-5H3,(H,21,22)/t11?,19-/m1/s1. The van der Waals surface area contributed by atoms with Gasteiger partial charge >= 0.3 is 5.97 Å². The smallest absolute Gasteiger partial charge is 0.306 e. The second-order valence-electron chi connectivity index (χ2n) is 7.21. The molecule has 0 fully saturated rings. The van der Waals surface area contributed by atoms with E-state index in [4.69, 9.17) is 9.84 Å². The molecule has 23 heavy (non-hydrogen) atoms. The molecule has 4 nitrogen and oxygen atoms in total. The summed E-state index contributed by atoms with van der Waals surface area (Å²) < 4.78 is 6.35. The fourth-order valence-electron chi connectivity index (χ4n) is 3.38. The predicted octanol–water partition coefficient (Wildman–Crippen LogP) is 4.29. The molecule has 1 aliphatic rings. The number of hydrogen-bond acceptors (Lipinski definition) is 3. The minimum atomic E-state index is -0.734. The zero-order valence-corrected chi connectivity index (χ0v) is 14.8. The number of hydrogen-bond donors (Lipinski definition) is 2. The van der Waals surface area contributed by atoms with Gasteiger partial charge in [-0.05, 0) is 76.5 Å². The lowest BCUT2D eigenvalue weighted by atomic mass is 9.84. The van der Waals surface area contributed by atoms with Gasteiger partial charge in [-0.15, -0.1) is 0 Å². The third-order valence-corrected chi connectivity index (χ3v) is 5.36. The van der Waals surface area contributed by atoms with Crippen molar-refractivity contribution in [2.24, 2.45) is 5.92 Å². The molecule has 4 heteroatoms. The van der Waals surface area contributed by atoms with Gasteiger partial charge in [0.25, 0.3) is 0 Å². The molecular formula is C19H28O4. The molecule has 1 aromatic carbocycles. The summed E-state index contributed by atoms with van der Waals surface area (Å²) in [6.07, 6.45) is 4.15. The number of benzene rings is 1. The van der Waals surface area contributed by atoms with Crippen LogP contribution in [0.3, 0.4) is 0 Å². The Morgan fingerprint density at radius 1 is 1.26 bits per heavy atom. The molecule has 0 bridgehead atoms. The zero-order valence-electron chi connectivity index (χ0n) is 14.8. The normalized spacial score (nSPS) is 21.4. The number of rotatable bonds is 5. The van der Waals surface area contributed by atoms with Crippen LogP contribution >= 0.6 is 0 Å². The van der Waals surface area contributed by atoms with E-state index in [0.717, 1.165) is 53.7 Å². The molecule has 1 heterocycles. The van der Waals surface area contributed by atoms with Crippen LogP contribution in [0.4, 0.5) is 0 Å². The Kier molecular flexibility index (Phi) is 4.92. The molecule has 2 rings (SSSR count). The highest BCUT2D eigenvalue weighted by Gasteiger charge is 2.34. The number of ether oxygens (including phenoxy) is 1. The van der Waals surface area contributed by atoms with Crippen molar-refractivity contribution in [1.82, 2.24) is 0 Å². The number of carboxylic acid groups (broad SMARTS) is 1. The molecular weight excluding hydrogens is 292 g/mol. The minimum Gasteiger partial charge on any atom is -0.507 e. The zero-order chi connectivity index (χ0) is 17.4. The van der Waals surface area contributed by atoms with E-state index in [1.54, 1.807) is 6.92 Å². The Morgan fingerprint density at radius 2 is 1.91 bits per heavy atom. The Labute approximate surface area is 138 Å². The van der Waals surface area contributed by atoms with Crippen LogP contribution in [0.25, 0.3) is 0 Å². The number of fused-ring (bicyclic) bond motifs is 1. The monoisotopic (exact) mass is 320 g/mol. The predicted molar refractivity (Wildman–Crippen MR) is 90.3 cm³/mol. The number of phenolic OH excluding ortho intramolecular Hbond substituents is 1. The number of carbonyl (C=O) groups is 1. The van der Waals surface area contributed by atoms with Gasteiger partial charge in [0.2, 0.25) is 0 Å². The molecule has 0 spiro atoms. The molecule has 1 aliphatic heterocycles. The number of phenols is 1. The second kappa shape index (κ2) is 6.42. The molecule has 1 unspecified atom stereocenters. The Hall–Kier alpha value is -1.71. The van der Waals surface area contributed by atoms with Gasteiger partial charge in [-0.25, -0.2) is 0 Å². The molecule has 1 aromatic rings. The number of aliphatic carboxylic acids is 1. The largest absolute Gasteiger partial charge is 0.507 e. The van der Waals surface area contributed by atoms with Gasteiger partial charge < -0.3 is 14.9 Å². The van der Waals surface area contributed by atoms with E-state index in [2.05, 4.69) is 6.92 Å². The molecule has 2 N–H and O–H groups in total. The molecule has 0 saturated carbocycles.